The minimum atomic E-state index is -0.614. The highest BCUT2D eigenvalue weighted by Gasteiger charge is 2.54. The number of ether oxygens (including phenoxy) is 1. The molecule has 2 aromatic rings. The van der Waals surface area contributed by atoms with E-state index in [2.05, 4.69) is 17.9 Å². The van der Waals surface area contributed by atoms with E-state index >= 15 is 0 Å². The van der Waals surface area contributed by atoms with Gasteiger partial charge in [-0.05, 0) is 25.5 Å². The molecule has 0 aromatic heterocycles. The summed E-state index contributed by atoms with van der Waals surface area (Å²) >= 11 is 0. The van der Waals surface area contributed by atoms with Crippen LogP contribution in [0.4, 0.5) is 10.5 Å². The molecule has 5 rings (SSSR count). The average Bonchev–Trinajstić information content (AvgIpc) is 3.37. The average molecular weight is 446 g/mol. The van der Waals surface area contributed by atoms with Crippen molar-refractivity contribution in [2.75, 3.05) is 31.7 Å². The molecule has 8 nitrogen and oxygen atoms in total. The Labute approximate surface area is 193 Å². The predicted octanol–water partition coefficient (Wildman–Crippen LogP) is 3.11. The van der Waals surface area contributed by atoms with Crippen LogP contribution in [-0.4, -0.2) is 71.6 Å². The molecule has 0 spiro atoms. The van der Waals surface area contributed by atoms with Gasteiger partial charge < -0.3 is 9.64 Å². The van der Waals surface area contributed by atoms with Gasteiger partial charge in [0.05, 0.1) is 24.5 Å². The summed E-state index contributed by atoms with van der Waals surface area (Å²) in [6.07, 6.45) is 1.40. The SMILES string of the molecule is CCOCCN1C(=O)C2C(N=C3N(c4ccccc4C)C(c4ccccc4)=CN32)N(C)C1=O. The maximum Gasteiger partial charge on any atom is 0.328 e. The first-order chi connectivity index (χ1) is 16.0. The molecule has 3 aliphatic heterocycles. The molecule has 3 amide bonds. The number of fused-ring (bicyclic) bond motifs is 3. The van der Waals surface area contributed by atoms with Gasteiger partial charge in [-0.1, -0.05) is 48.5 Å². The lowest BCUT2D eigenvalue weighted by atomic mass is 10.1. The van der Waals surface area contributed by atoms with Crippen molar-refractivity contribution >= 4 is 29.3 Å². The topological polar surface area (TPSA) is 68.7 Å². The van der Waals surface area contributed by atoms with Crippen LogP contribution in [0, 0.1) is 6.92 Å². The van der Waals surface area contributed by atoms with Crippen LogP contribution in [0.3, 0.4) is 0 Å². The van der Waals surface area contributed by atoms with Gasteiger partial charge in [0.15, 0.2) is 12.2 Å². The summed E-state index contributed by atoms with van der Waals surface area (Å²) in [4.78, 5) is 38.2. The maximum atomic E-state index is 13.5. The third kappa shape index (κ3) is 3.38. The highest BCUT2D eigenvalue weighted by atomic mass is 16.5. The number of carbonyl (C=O) groups is 2. The zero-order valence-electron chi connectivity index (χ0n) is 19.0. The number of amides is 3. The molecule has 0 aliphatic carbocycles. The number of carbonyl (C=O) groups excluding carboxylic acids is 2. The predicted molar refractivity (Wildman–Crippen MR) is 126 cm³/mol. The van der Waals surface area contributed by atoms with Crippen molar-refractivity contribution in [3.05, 3.63) is 71.9 Å². The molecular formula is C25H27N5O3. The normalized spacial score (nSPS) is 21.9. The molecule has 1 fully saturated rings. The van der Waals surface area contributed by atoms with Crippen LogP contribution in [-0.2, 0) is 9.53 Å². The van der Waals surface area contributed by atoms with Crippen LogP contribution in [0.1, 0.15) is 18.1 Å². The van der Waals surface area contributed by atoms with Gasteiger partial charge >= 0.3 is 6.03 Å². The Morgan fingerprint density at radius 2 is 1.76 bits per heavy atom. The summed E-state index contributed by atoms with van der Waals surface area (Å²) in [6, 6.07) is 17.2. The van der Waals surface area contributed by atoms with E-state index < -0.39 is 12.2 Å². The molecule has 8 heteroatoms. The van der Waals surface area contributed by atoms with E-state index in [0.29, 0.717) is 19.2 Å². The number of hydrogen-bond donors (Lipinski definition) is 0. The smallest absolute Gasteiger partial charge is 0.328 e. The molecule has 0 N–H and O–H groups in total. The van der Waals surface area contributed by atoms with Gasteiger partial charge in [-0.15, -0.1) is 0 Å². The molecule has 0 bridgehead atoms. The van der Waals surface area contributed by atoms with Crippen LogP contribution < -0.4 is 4.90 Å². The number of rotatable bonds is 6. The summed E-state index contributed by atoms with van der Waals surface area (Å²) in [5.41, 5.74) is 4.04. The Hall–Kier alpha value is -3.65. The second-order valence-electron chi connectivity index (χ2n) is 8.28. The van der Waals surface area contributed by atoms with Gasteiger partial charge in [0.1, 0.15) is 0 Å². The lowest BCUT2D eigenvalue weighted by Crippen LogP contribution is -2.64. The van der Waals surface area contributed by atoms with Gasteiger partial charge in [-0.2, -0.15) is 0 Å². The Kier molecular flexibility index (Phi) is 5.38. The molecule has 0 saturated carbocycles. The number of likely N-dealkylation sites (N-methyl/N-ethyl adjacent to an activating group) is 1. The molecule has 33 heavy (non-hydrogen) atoms. The number of benzene rings is 2. The summed E-state index contributed by atoms with van der Waals surface area (Å²) < 4.78 is 5.40. The van der Waals surface area contributed by atoms with Gasteiger partial charge in [0.2, 0.25) is 5.96 Å². The lowest BCUT2D eigenvalue weighted by Gasteiger charge is -2.40. The van der Waals surface area contributed by atoms with Gasteiger partial charge in [0.25, 0.3) is 5.91 Å². The Morgan fingerprint density at radius 3 is 2.48 bits per heavy atom. The monoisotopic (exact) mass is 445 g/mol. The van der Waals surface area contributed by atoms with E-state index in [1.165, 1.54) is 4.90 Å². The molecular weight excluding hydrogens is 418 g/mol. The molecule has 1 saturated heterocycles. The number of aryl methyl sites for hydroxylation is 1. The Balaban J connectivity index is 1.57. The maximum absolute atomic E-state index is 13.5. The van der Waals surface area contributed by atoms with E-state index in [9.17, 15) is 9.59 Å². The van der Waals surface area contributed by atoms with Gasteiger partial charge in [0, 0.05) is 25.4 Å². The lowest BCUT2D eigenvalue weighted by molar-refractivity contribution is -0.137. The van der Waals surface area contributed by atoms with E-state index in [0.717, 1.165) is 22.5 Å². The van der Waals surface area contributed by atoms with Gasteiger partial charge in [-0.3, -0.25) is 19.5 Å². The summed E-state index contributed by atoms with van der Waals surface area (Å²) in [7, 11) is 1.70. The van der Waals surface area contributed by atoms with Crippen molar-refractivity contribution in [3.8, 4) is 0 Å². The zero-order valence-corrected chi connectivity index (χ0v) is 19.0. The van der Waals surface area contributed by atoms with E-state index in [4.69, 9.17) is 9.73 Å². The van der Waals surface area contributed by atoms with E-state index in [1.54, 1.807) is 11.9 Å². The summed E-state index contributed by atoms with van der Waals surface area (Å²) in [6.45, 7) is 5.01. The fraction of sp³-hybridized carbons (Fsp3) is 0.320. The minimum Gasteiger partial charge on any atom is -0.380 e. The number of hydrogen-bond acceptors (Lipinski definition) is 6. The second-order valence-corrected chi connectivity index (χ2v) is 8.28. The molecule has 2 atom stereocenters. The molecule has 2 unspecified atom stereocenters. The number of aliphatic imine (C=N–C) groups is 1. The number of para-hydroxylation sites is 1. The van der Waals surface area contributed by atoms with Crippen molar-refractivity contribution in [2.45, 2.75) is 26.1 Å². The summed E-state index contributed by atoms with van der Waals surface area (Å²) in [5.74, 6) is 0.398. The van der Waals surface area contributed by atoms with Crippen molar-refractivity contribution in [1.82, 2.24) is 14.7 Å². The van der Waals surface area contributed by atoms with E-state index in [-0.39, 0.29) is 18.5 Å². The fourth-order valence-electron chi connectivity index (χ4n) is 4.60. The van der Waals surface area contributed by atoms with Crippen LogP contribution in [0.25, 0.3) is 5.70 Å². The standard InChI is InChI=1S/C25H27N5O3/c1-4-33-15-14-28-23(31)21-22(27(3)25(28)32)26-24-29(21)16-20(18-11-6-5-7-12-18)30(24)19-13-9-8-10-17(19)2/h5-13,16,21-22H,4,14-15H2,1-3H3. The van der Waals surface area contributed by atoms with Crippen molar-refractivity contribution in [3.63, 3.8) is 0 Å². The largest absolute Gasteiger partial charge is 0.380 e. The van der Waals surface area contributed by atoms with E-state index in [1.807, 2.05) is 66.6 Å². The van der Waals surface area contributed by atoms with Crippen LogP contribution in [0.15, 0.2) is 65.8 Å². The third-order valence-electron chi connectivity index (χ3n) is 6.30. The van der Waals surface area contributed by atoms with Crippen molar-refractivity contribution in [2.24, 2.45) is 4.99 Å². The highest BCUT2D eigenvalue weighted by molar-refractivity contribution is 6.16. The molecule has 2 aromatic carbocycles. The van der Waals surface area contributed by atoms with Crippen molar-refractivity contribution < 1.29 is 14.3 Å². The first-order valence-electron chi connectivity index (χ1n) is 11.2. The number of guanidine groups is 1. The first-order valence-corrected chi connectivity index (χ1v) is 11.2. The van der Waals surface area contributed by atoms with Gasteiger partial charge in [-0.25, -0.2) is 9.79 Å². The zero-order chi connectivity index (χ0) is 23.1. The molecule has 0 radical (unpaired) electrons. The third-order valence-corrected chi connectivity index (χ3v) is 6.30. The number of nitrogens with zero attached hydrogens (tertiary/aromatic N) is 5. The molecule has 3 aliphatic rings. The number of anilines is 1. The van der Waals surface area contributed by atoms with Crippen LogP contribution in [0.5, 0.6) is 0 Å². The fourth-order valence-corrected chi connectivity index (χ4v) is 4.60. The summed E-state index contributed by atoms with van der Waals surface area (Å²) in [5, 5.41) is 0. The highest BCUT2D eigenvalue weighted by Crippen LogP contribution is 2.40. The first kappa shape index (κ1) is 21.2. The molecule has 170 valence electrons. The minimum absolute atomic E-state index is 0.221. The number of imide groups is 1. The van der Waals surface area contributed by atoms with Crippen molar-refractivity contribution in [1.29, 1.82) is 0 Å². The Bertz CT molecular complexity index is 1150. The van der Waals surface area contributed by atoms with Crippen LogP contribution >= 0.6 is 0 Å². The second kappa shape index (κ2) is 8.37. The molecule has 3 heterocycles. The van der Waals surface area contributed by atoms with Crippen LogP contribution in [0.2, 0.25) is 0 Å². The number of urea groups is 1. The quantitative estimate of drug-likeness (QED) is 0.639. The Morgan fingerprint density at radius 1 is 1.03 bits per heavy atom.